The molecule has 1 atom stereocenters. The van der Waals surface area contributed by atoms with Gasteiger partial charge in [-0.05, 0) is 23.6 Å². The molecule has 0 bridgehead atoms. The number of anilines is 1. The maximum Gasteiger partial charge on any atom is 0.261 e. The summed E-state index contributed by atoms with van der Waals surface area (Å²) in [6.07, 6.45) is 0.529. The van der Waals surface area contributed by atoms with Gasteiger partial charge in [-0.1, -0.05) is 11.6 Å². The van der Waals surface area contributed by atoms with E-state index in [0.717, 1.165) is 36.1 Å². The van der Waals surface area contributed by atoms with Crippen LogP contribution in [0.2, 0.25) is 5.15 Å². The molecule has 3 aliphatic rings. The van der Waals surface area contributed by atoms with Gasteiger partial charge >= 0.3 is 0 Å². The van der Waals surface area contributed by atoms with Gasteiger partial charge in [0.25, 0.3) is 5.91 Å². The van der Waals surface area contributed by atoms with E-state index in [9.17, 15) is 14.0 Å². The van der Waals surface area contributed by atoms with E-state index >= 15 is 0 Å². The lowest BCUT2D eigenvalue weighted by atomic mass is 10.00. The van der Waals surface area contributed by atoms with Crippen LogP contribution in [0.5, 0.6) is 5.75 Å². The van der Waals surface area contributed by atoms with Crippen molar-refractivity contribution in [3.63, 3.8) is 0 Å². The molecule has 0 aliphatic carbocycles. The zero-order valence-electron chi connectivity index (χ0n) is 21.4. The lowest BCUT2D eigenvalue weighted by molar-refractivity contribution is -0.135. The third-order valence-electron chi connectivity index (χ3n) is 7.39. The lowest BCUT2D eigenvalue weighted by Crippen LogP contribution is -2.44. The van der Waals surface area contributed by atoms with Crippen LogP contribution in [0.1, 0.15) is 35.1 Å². The van der Waals surface area contributed by atoms with Gasteiger partial charge in [0.1, 0.15) is 23.5 Å². The Bertz CT molecular complexity index is 1410. The highest BCUT2D eigenvalue weighted by atomic mass is 35.5. The minimum absolute atomic E-state index is 0.0110. The number of hydrogen-bond donors (Lipinski definition) is 0. The predicted molar refractivity (Wildman–Crippen MR) is 143 cm³/mol. The summed E-state index contributed by atoms with van der Waals surface area (Å²) in [7, 11) is 0. The quantitative estimate of drug-likeness (QED) is 0.433. The highest BCUT2D eigenvalue weighted by Crippen LogP contribution is 2.40. The third-order valence-corrected chi connectivity index (χ3v) is 8.61. The number of imidazole rings is 1. The van der Waals surface area contributed by atoms with Gasteiger partial charge in [-0.15, -0.1) is 11.3 Å². The zero-order chi connectivity index (χ0) is 27.1. The summed E-state index contributed by atoms with van der Waals surface area (Å²) in [5.74, 6) is 1.13. The monoisotopic (exact) mass is 574 g/mol. The van der Waals surface area contributed by atoms with E-state index in [2.05, 4.69) is 9.88 Å². The van der Waals surface area contributed by atoms with Gasteiger partial charge in [0.05, 0.1) is 36.0 Å². The summed E-state index contributed by atoms with van der Waals surface area (Å²) in [5, 5.41) is 1.86. The van der Waals surface area contributed by atoms with Crippen LogP contribution in [0.3, 0.4) is 0 Å². The Labute approximate surface area is 233 Å². The number of fused-ring (bicyclic) bond motifs is 3. The fraction of sp³-hybridized carbons (Fsp3) is 0.462. The molecule has 39 heavy (non-hydrogen) atoms. The summed E-state index contributed by atoms with van der Waals surface area (Å²) in [6, 6.07) is 4.32. The lowest BCUT2D eigenvalue weighted by Gasteiger charge is -2.37. The van der Waals surface area contributed by atoms with E-state index < -0.39 is 6.04 Å². The summed E-state index contributed by atoms with van der Waals surface area (Å²) in [6.45, 7) is 5.82. The molecule has 1 unspecified atom stereocenters. The van der Waals surface area contributed by atoms with Crippen molar-refractivity contribution < 1.29 is 23.5 Å². The first-order valence-electron chi connectivity index (χ1n) is 12.9. The molecule has 0 spiro atoms. The molecule has 1 fully saturated rings. The summed E-state index contributed by atoms with van der Waals surface area (Å²) in [4.78, 5) is 40.7. The number of aromatic nitrogens is 3. The summed E-state index contributed by atoms with van der Waals surface area (Å²) in [5.41, 5.74) is 1.65. The molecule has 6 rings (SSSR count). The normalized spacial score (nSPS) is 19.1. The van der Waals surface area contributed by atoms with Crippen molar-refractivity contribution in [3.8, 4) is 5.75 Å². The molecule has 3 aromatic rings. The van der Waals surface area contributed by atoms with Crippen molar-refractivity contribution in [3.05, 3.63) is 56.6 Å². The van der Waals surface area contributed by atoms with Gasteiger partial charge in [-0.25, -0.2) is 14.4 Å². The van der Waals surface area contributed by atoms with Crippen LogP contribution in [0, 0.1) is 5.82 Å². The molecule has 2 amide bonds. The van der Waals surface area contributed by atoms with E-state index in [1.54, 1.807) is 28.2 Å². The van der Waals surface area contributed by atoms with Gasteiger partial charge in [-0.3, -0.25) is 9.59 Å². The molecule has 13 heteroatoms. The predicted octanol–water partition coefficient (Wildman–Crippen LogP) is 2.88. The van der Waals surface area contributed by atoms with Gasteiger partial charge < -0.3 is 28.7 Å². The summed E-state index contributed by atoms with van der Waals surface area (Å²) < 4.78 is 28.2. The van der Waals surface area contributed by atoms with Gasteiger partial charge in [0, 0.05) is 46.1 Å². The van der Waals surface area contributed by atoms with Gasteiger partial charge in [-0.2, -0.15) is 0 Å². The van der Waals surface area contributed by atoms with Crippen LogP contribution in [0.15, 0.2) is 23.6 Å². The molecule has 3 aliphatic heterocycles. The second kappa shape index (κ2) is 10.7. The molecule has 206 valence electrons. The number of morpholine rings is 1. The molecule has 0 N–H and O–H groups in total. The van der Waals surface area contributed by atoms with Crippen molar-refractivity contribution in [1.82, 2.24) is 24.3 Å². The van der Waals surface area contributed by atoms with Crippen LogP contribution in [-0.4, -0.2) is 82.1 Å². The second-order valence-electron chi connectivity index (χ2n) is 9.67. The van der Waals surface area contributed by atoms with Gasteiger partial charge in [0.2, 0.25) is 5.91 Å². The van der Waals surface area contributed by atoms with Crippen molar-refractivity contribution in [2.24, 2.45) is 0 Å². The molecule has 0 aromatic carbocycles. The Kier molecular flexibility index (Phi) is 7.17. The average molecular weight is 575 g/mol. The number of thiophene rings is 1. The summed E-state index contributed by atoms with van der Waals surface area (Å²) >= 11 is 7.68. The highest BCUT2D eigenvalue weighted by Gasteiger charge is 2.40. The standard InChI is InChI=1S/C26H28ClFN6O4S/c1-16(35)32-7-8-33-21(14-32)29-18-4-6-34(24(23(18)33)25-17(28)5-13-39-25)22(36)15-38-19-2-3-20(30-26(19)27)31-9-11-37-12-10-31/h2-3,5,13,24H,4,6-12,14-15H2,1H3. The molecule has 6 heterocycles. The number of carbonyl (C=O) groups is 2. The van der Waals surface area contributed by atoms with E-state index in [1.165, 1.54) is 17.4 Å². The Morgan fingerprint density at radius 2 is 1.97 bits per heavy atom. The molecule has 10 nitrogen and oxygen atoms in total. The van der Waals surface area contributed by atoms with Crippen molar-refractivity contribution >= 4 is 40.6 Å². The van der Waals surface area contributed by atoms with Crippen molar-refractivity contribution in [2.45, 2.75) is 32.5 Å². The first kappa shape index (κ1) is 26.0. The SMILES string of the molecule is CC(=O)N1CCn2c(nc3c2C(c2sccc2F)N(C(=O)COc2ccc(N4CCOCC4)nc2Cl)CC3)C1. The highest BCUT2D eigenvalue weighted by molar-refractivity contribution is 7.10. The van der Waals surface area contributed by atoms with Crippen LogP contribution >= 0.6 is 22.9 Å². The van der Waals surface area contributed by atoms with Crippen LogP contribution < -0.4 is 9.64 Å². The number of rotatable bonds is 5. The van der Waals surface area contributed by atoms with Crippen molar-refractivity contribution in [1.29, 1.82) is 0 Å². The minimum atomic E-state index is -0.632. The molecule has 0 saturated carbocycles. The number of carbonyl (C=O) groups excluding carboxylic acids is 2. The first-order valence-corrected chi connectivity index (χ1v) is 14.1. The average Bonchev–Trinajstić information content (AvgIpc) is 3.54. The Balaban J connectivity index is 1.24. The molecule has 0 radical (unpaired) electrons. The largest absolute Gasteiger partial charge is 0.481 e. The number of halogens is 2. The molecular weight excluding hydrogens is 547 g/mol. The van der Waals surface area contributed by atoms with E-state index in [1.807, 2.05) is 10.6 Å². The molecular formula is C26H28ClFN6O4S. The smallest absolute Gasteiger partial charge is 0.261 e. The topological polar surface area (TPSA) is 93.0 Å². The Morgan fingerprint density at radius 1 is 1.15 bits per heavy atom. The first-order chi connectivity index (χ1) is 18.9. The van der Waals surface area contributed by atoms with Crippen molar-refractivity contribution in [2.75, 3.05) is 50.9 Å². The third kappa shape index (κ3) is 4.96. The number of amides is 2. The number of ether oxygens (including phenoxy) is 2. The van der Waals surface area contributed by atoms with Gasteiger partial charge in [0.15, 0.2) is 17.5 Å². The number of hydrogen-bond acceptors (Lipinski definition) is 8. The minimum Gasteiger partial charge on any atom is -0.481 e. The fourth-order valence-electron chi connectivity index (χ4n) is 5.42. The maximum absolute atomic E-state index is 15.0. The van der Waals surface area contributed by atoms with E-state index in [4.69, 9.17) is 26.1 Å². The number of nitrogens with zero attached hydrogens (tertiary/aromatic N) is 6. The number of pyridine rings is 1. The van der Waals surface area contributed by atoms with Crippen LogP contribution in [0.4, 0.5) is 10.2 Å². The second-order valence-corrected chi connectivity index (χ2v) is 11.0. The van der Waals surface area contributed by atoms with Crippen LogP contribution in [0.25, 0.3) is 0 Å². The molecule has 3 aromatic heterocycles. The zero-order valence-corrected chi connectivity index (χ0v) is 23.0. The van der Waals surface area contributed by atoms with Crippen LogP contribution in [-0.2, 0) is 33.8 Å². The Morgan fingerprint density at radius 3 is 2.69 bits per heavy atom. The fourth-order valence-corrected chi connectivity index (χ4v) is 6.50. The maximum atomic E-state index is 15.0. The molecule has 1 saturated heterocycles. The van der Waals surface area contributed by atoms with E-state index in [-0.39, 0.29) is 29.4 Å². The Hall–Kier alpha value is -3.22. The van der Waals surface area contributed by atoms with E-state index in [0.29, 0.717) is 56.4 Å².